The average Bonchev–Trinajstić information content (AvgIpc) is 2.46. The summed E-state index contributed by atoms with van der Waals surface area (Å²) >= 11 is 0. The highest BCUT2D eigenvalue weighted by molar-refractivity contribution is 5.82. The molecule has 0 heterocycles. The van der Waals surface area contributed by atoms with E-state index < -0.39 is 0 Å². The molecule has 0 unspecified atom stereocenters. The third kappa shape index (κ3) is 2.45. The second kappa shape index (κ2) is 5.25. The van der Waals surface area contributed by atoms with Crippen molar-refractivity contribution in [3.63, 3.8) is 0 Å². The van der Waals surface area contributed by atoms with Crippen LogP contribution in [0.15, 0.2) is 60.7 Å². The van der Waals surface area contributed by atoms with Crippen LogP contribution in [0.2, 0.25) is 0 Å². The van der Waals surface area contributed by atoms with Crippen LogP contribution in [0.5, 0.6) is 11.5 Å². The topological polar surface area (TPSA) is 29.5 Å². The SMILES string of the molecule is Cc1cccc(O)c1OCc1ccc2ccccc2c1. The van der Waals surface area contributed by atoms with Gasteiger partial charge in [0.1, 0.15) is 6.61 Å². The maximum atomic E-state index is 9.82. The molecule has 3 rings (SSSR count). The number of hydrogen-bond acceptors (Lipinski definition) is 2. The summed E-state index contributed by atoms with van der Waals surface area (Å²) in [5.41, 5.74) is 2.03. The van der Waals surface area contributed by atoms with Gasteiger partial charge in [-0.15, -0.1) is 0 Å². The summed E-state index contributed by atoms with van der Waals surface area (Å²) in [6.45, 7) is 2.37. The molecule has 3 aromatic rings. The summed E-state index contributed by atoms with van der Waals surface area (Å²) in [7, 11) is 0. The Kier molecular flexibility index (Phi) is 3.30. The first-order chi connectivity index (χ1) is 9.74. The van der Waals surface area contributed by atoms with Crippen LogP contribution in [-0.2, 0) is 6.61 Å². The van der Waals surface area contributed by atoms with E-state index in [1.54, 1.807) is 6.07 Å². The van der Waals surface area contributed by atoms with Crippen molar-refractivity contribution in [1.29, 1.82) is 0 Å². The fourth-order valence-electron chi connectivity index (χ4n) is 2.31. The molecule has 3 aromatic carbocycles. The fraction of sp³-hybridized carbons (Fsp3) is 0.111. The monoisotopic (exact) mass is 264 g/mol. The van der Waals surface area contributed by atoms with E-state index in [-0.39, 0.29) is 5.75 Å². The van der Waals surface area contributed by atoms with E-state index in [1.165, 1.54) is 10.8 Å². The normalized spacial score (nSPS) is 10.7. The Labute approximate surface area is 118 Å². The molecule has 0 spiro atoms. The summed E-state index contributed by atoms with van der Waals surface area (Å²) in [6.07, 6.45) is 0. The van der Waals surface area contributed by atoms with Crippen LogP contribution in [0.25, 0.3) is 10.8 Å². The summed E-state index contributed by atoms with van der Waals surface area (Å²) in [5.74, 6) is 0.742. The number of phenols is 1. The van der Waals surface area contributed by atoms with Gasteiger partial charge in [-0.1, -0.05) is 48.5 Å². The molecule has 1 N–H and O–H groups in total. The summed E-state index contributed by atoms with van der Waals surface area (Å²) in [4.78, 5) is 0. The quantitative estimate of drug-likeness (QED) is 0.758. The number of ether oxygens (including phenoxy) is 1. The summed E-state index contributed by atoms with van der Waals surface area (Å²) < 4.78 is 5.75. The lowest BCUT2D eigenvalue weighted by molar-refractivity contribution is 0.287. The molecule has 0 fully saturated rings. The van der Waals surface area contributed by atoms with Crippen LogP contribution in [-0.4, -0.2) is 5.11 Å². The minimum absolute atomic E-state index is 0.186. The molecule has 0 saturated heterocycles. The van der Waals surface area contributed by atoms with Gasteiger partial charge >= 0.3 is 0 Å². The van der Waals surface area contributed by atoms with Gasteiger partial charge in [0.05, 0.1) is 0 Å². The van der Waals surface area contributed by atoms with Crippen molar-refractivity contribution in [2.45, 2.75) is 13.5 Å². The fourth-order valence-corrected chi connectivity index (χ4v) is 2.31. The first kappa shape index (κ1) is 12.5. The Bertz CT molecular complexity index is 727. The van der Waals surface area contributed by atoms with E-state index in [1.807, 2.05) is 31.2 Å². The Morgan fingerprint density at radius 1 is 0.900 bits per heavy atom. The standard InChI is InChI=1S/C18H16O2/c1-13-5-4-8-17(19)18(13)20-12-14-9-10-15-6-2-3-7-16(15)11-14/h2-11,19H,12H2,1H3. The van der Waals surface area contributed by atoms with E-state index in [0.717, 1.165) is 11.1 Å². The number of phenolic OH excluding ortho intramolecular Hbond substituents is 1. The minimum atomic E-state index is 0.186. The van der Waals surface area contributed by atoms with Gasteiger partial charge < -0.3 is 9.84 Å². The largest absolute Gasteiger partial charge is 0.504 e. The third-order valence-electron chi connectivity index (χ3n) is 3.39. The van der Waals surface area contributed by atoms with E-state index >= 15 is 0 Å². The Morgan fingerprint density at radius 3 is 2.50 bits per heavy atom. The van der Waals surface area contributed by atoms with Crippen molar-refractivity contribution < 1.29 is 9.84 Å². The Morgan fingerprint density at radius 2 is 1.70 bits per heavy atom. The maximum Gasteiger partial charge on any atom is 0.164 e. The molecule has 100 valence electrons. The van der Waals surface area contributed by atoms with Crippen molar-refractivity contribution in [1.82, 2.24) is 0 Å². The maximum absolute atomic E-state index is 9.82. The Balaban J connectivity index is 1.83. The van der Waals surface area contributed by atoms with Gasteiger partial charge in [-0.25, -0.2) is 0 Å². The molecule has 2 nitrogen and oxygen atoms in total. The molecule has 0 atom stereocenters. The molecule has 0 aliphatic heterocycles. The van der Waals surface area contributed by atoms with Crippen LogP contribution < -0.4 is 4.74 Å². The second-order valence-electron chi connectivity index (χ2n) is 4.89. The third-order valence-corrected chi connectivity index (χ3v) is 3.39. The number of benzene rings is 3. The average molecular weight is 264 g/mol. The lowest BCUT2D eigenvalue weighted by atomic mass is 10.1. The van der Waals surface area contributed by atoms with Crippen LogP contribution in [0.3, 0.4) is 0 Å². The number of aromatic hydroxyl groups is 1. The second-order valence-corrected chi connectivity index (χ2v) is 4.89. The molecule has 0 aliphatic rings. The van der Waals surface area contributed by atoms with Crippen molar-refractivity contribution in [3.05, 3.63) is 71.8 Å². The predicted molar refractivity (Wildman–Crippen MR) is 81.1 cm³/mol. The lowest BCUT2D eigenvalue weighted by Gasteiger charge is -2.11. The van der Waals surface area contributed by atoms with Crippen LogP contribution in [0.4, 0.5) is 0 Å². The summed E-state index contributed by atoms with van der Waals surface area (Å²) in [6, 6.07) is 19.9. The van der Waals surface area contributed by atoms with Gasteiger partial charge in [-0.05, 0) is 41.0 Å². The first-order valence-electron chi connectivity index (χ1n) is 6.63. The first-order valence-corrected chi connectivity index (χ1v) is 6.63. The molecule has 0 saturated carbocycles. The van der Waals surface area contributed by atoms with Crippen molar-refractivity contribution in [3.8, 4) is 11.5 Å². The zero-order valence-electron chi connectivity index (χ0n) is 11.3. The van der Waals surface area contributed by atoms with Crippen LogP contribution in [0, 0.1) is 6.92 Å². The van der Waals surface area contributed by atoms with Gasteiger partial charge in [0.2, 0.25) is 0 Å². The van der Waals surface area contributed by atoms with Gasteiger partial charge in [0, 0.05) is 0 Å². The number of hydrogen-bond donors (Lipinski definition) is 1. The Hall–Kier alpha value is -2.48. The van der Waals surface area contributed by atoms with E-state index in [2.05, 4.69) is 30.3 Å². The molecular formula is C18H16O2. The highest BCUT2D eigenvalue weighted by Crippen LogP contribution is 2.30. The van der Waals surface area contributed by atoms with Crippen molar-refractivity contribution in [2.24, 2.45) is 0 Å². The molecule has 0 amide bonds. The number of rotatable bonds is 3. The highest BCUT2D eigenvalue weighted by Gasteiger charge is 2.06. The van der Waals surface area contributed by atoms with Gasteiger partial charge in [-0.3, -0.25) is 0 Å². The molecule has 0 aromatic heterocycles. The molecule has 2 heteroatoms. The van der Waals surface area contributed by atoms with Crippen molar-refractivity contribution >= 4 is 10.8 Å². The molecular weight excluding hydrogens is 248 g/mol. The van der Waals surface area contributed by atoms with E-state index in [9.17, 15) is 5.11 Å². The van der Waals surface area contributed by atoms with Crippen LogP contribution >= 0.6 is 0 Å². The minimum Gasteiger partial charge on any atom is -0.504 e. The van der Waals surface area contributed by atoms with Gasteiger partial charge in [0.15, 0.2) is 11.5 Å². The smallest absolute Gasteiger partial charge is 0.164 e. The summed E-state index contributed by atoms with van der Waals surface area (Å²) in [5, 5.41) is 12.2. The number of para-hydroxylation sites is 1. The molecule has 0 bridgehead atoms. The van der Waals surface area contributed by atoms with E-state index in [4.69, 9.17) is 4.74 Å². The van der Waals surface area contributed by atoms with Crippen LogP contribution in [0.1, 0.15) is 11.1 Å². The number of aryl methyl sites for hydroxylation is 1. The zero-order chi connectivity index (χ0) is 13.9. The van der Waals surface area contributed by atoms with Gasteiger partial charge in [-0.2, -0.15) is 0 Å². The molecule has 0 aliphatic carbocycles. The zero-order valence-corrected chi connectivity index (χ0v) is 11.3. The van der Waals surface area contributed by atoms with Crippen molar-refractivity contribution in [2.75, 3.05) is 0 Å². The lowest BCUT2D eigenvalue weighted by Crippen LogP contribution is -1.97. The highest BCUT2D eigenvalue weighted by atomic mass is 16.5. The molecule has 0 radical (unpaired) electrons. The predicted octanol–water partition coefficient (Wildman–Crippen LogP) is 4.43. The van der Waals surface area contributed by atoms with Gasteiger partial charge in [0.25, 0.3) is 0 Å². The number of fused-ring (bicyclic) bond motifs is 1. The van der Waals surface area contributed by atoms with E-state index in [0.29, 0.717) is 12.4 Å². The molecule has 20 heavy (non-hydrogen) atoms.